The van der Waals surface area contributed by atoms with Gasteiger partial charge in [-0.2, -0.15) is 0 Å². The Balaban J connectivity index is 1.28. The van der Waals surface area contributed by atoms with Gasteiger partial charge in [-0.25, -0.2) is 4.90 Å². The van der Waals surface area contributed by atoms with E-state index in [1.54, 1.807) is 18.6 Å². The Morgan fingerprint density at radius 1 is 1.10 bits per heavy atom. The van der Waals surface area contributed by atoms with Crippen LogP contribution in [0.4, 0.5) is 11.4 Å². The summed E-state index contributed by atoms with van der Waals surface area (Å²) in [6, 6.07) is 19.0. The van der Waals surface area contributed by atoms with Crippen LogP contribution in [0, 0.1) is 0 Å². The molecule has 7 heteroatoms. The molecule has 0 bridgehead atoms. The molecule has 0 radical (unpaired) electrons. The number of rotatable bonds is 5. The maximum absolute atomic E-state index is 13.0. The minimum atomic E-state index is -0.434. The number of carbonyl (C=O) groups excluding carboxylic acids is 2. The largest absolute Gasteiger partial charge is 0.361 e. The van der Waals surface area contributed by atoms with Gasteiger partial charge in [-0.15, -0.1) is 11.8 Å². The average molecular weight is 427 g/mol. The molecule has 5 rings (SSSR count). The summed E-state index contributed by atoms with van der Waals surface area (Å²) in [7, 11) is 0. The van der Waals surface area contributed by atoms with Crippen molar-refractivity contribution < 1.29 is 9.59 Å². The van der Waals surface area contributed by atoms with E-state index >= 15 is 0 Å². The Morgan fingerprint density at radius 3 is 2.77 bits per heavy atom. The molecule has 1 atom stereocenters. The van der Waals surface area contributed by atoms with Crippen LogP contribution >= 0.6 is 11.8 Å². The number of nitrogens with one attached hydrogen (secondary N) is 1. The van der Waals surface area contributed by atoms with Gasteiger partial charge < -0.3 is 4.98 Å². The van der Waals surface area contributed by atoms with Crippen molar-refractivity contribution in [2.24, 2.45) is 4.99 Å². The lowest BCUT2D eigenvalue weighted by Crippen LogP contribution is -2.31. The van der Waals surface area contributed by atoms with Crippen LogP contribution < -0.4 is 4.90 Å². The van der Waals surface area contributed by atoms with Crippen molar-refractivity contribution in [2.75, 3.05) is 4.90 Å². The summed E-state index contributed by atoms with van der Waals surface area (Å²) < 4.78 is 0. The molecule has 1 fully saturated rings. The molecular formula is C24H18N4O2S. The maximum atomic E-state index is 13.0. The van der Waals surface area contributed by atoms with Crippen molar-refractivity contribution in [2.45, 2.75) is 16.6 Å². The van der Waals surface area contributed by atoms with Crippen LogP contribution in [0.2, 0.25) is 0 Å². The van der Waals surface area contributed by atoms with E-state index in [1.807, 2.05) is 66.9 Å². The van der Waals surface area contributed by atoms with Crippen LogP contribution in [0.1, 0.15) is 12.0 Å². The maximum Gasteiger partial charge on any atom is 0.247 e. The highest BCUT2D eigenvalue weighted by Crippen LogP contribution is 2.35. The van der Waals surface area contributed by atoms with Gasteiger partial charge in [0.05, 0.1) is 16.6 Å². The first-order valence-corrected chi connectivity index (χ1v) is 10.7. The first-order valence-electron chi connectivity index (χ1n) is 9.82. The number of pyridine rings is 1. The first kappa shape index (κ1) is 19.3. The van der Waals surface area contributed by atoms with Gasteiger partial charge in [0.2, 0.25) is 11.8 Å². The lowest BCUT2D eigenvalue weighted by molar-refractivity contribution is -0.121. The van der Waals surface area contributed by atoms with Crippen LogP contribution in [-0.4, -0.2) is 33.2 Å². The van der Waals surface area contributed by atoms with Gasteiger partial charge in [0, 0.05) is 47.2 Å². The predicted molar refractivity (Wildman–Crippen MR) is 123 cm³/mol. The van der Waals surface area contributed by atoms with Crippen LogP contribution in [0.5, 0.6) is 0 Å². The fourth-order valence-corrected chi connectivity index (χ4v) is 4.57. The summed E-state index contributed by atoms with van der Waals surface area (Å²) in [6.45, 7) is 0. The van der Waals surface area contributed by atoms with Gasteiger partial charge in [-0.1, -0.05) is 12.1 Å². The quantitative estimate of drug-likeness (QED) is 0.369. The van der Waals surface area contributed by atoms with Crippen molar-refractivity contribution in [1.29, 1.82) is 0 Å². The van der Waals surface area contributed by atoms with Gasteiger partial charge in [0.15, 0.2) is 0 Å². The van der Waals surface area contributed by atoms with Crippen molar-refractivity contribution in [1.82, 2.24) is 9.97 Å². The monoisotopic (exact) mass is 426 g/mol. The average Bonchev–Trinajstić information content (AvgIpc) is 3.37. The number of anilines is 1. The second kappa shape index (κ2) is 8.20. The van der Waals surface area contributed by atoms with E-state index in [9.17, 15) is 9.59 Å². The number of nitrogens with zero attached hydrogens (tertiary/aromatic N) is 3. The molecule has 2 aromatic heterocycles. The van der Waals surface area contributed by atoms with E-state index in [2.05, 4.69) is 15.0 Å². The minimum Gasteiger partial charge on any atom is -0.361 e. The molecule has 31 heavy (non-hydrogen) atoms. The fraction of sp³-hybridized carbons (Fsp3) is 0.0833. The number of carbonyl (C=O) groups is 2. The smallest absolute Gasteiger partial charge is 0.247 e. The van der Waals surface area contributed by atoms with Crippen molar-refractivity contribution in [3.05, 3.63) is 84.8 Å². The van der Waals surface area contributed by atoms with Crippen molar-refractivity contribution >= 4 is 52.1 Å². The number of H-pyrrole nitrogens is 1. The molecule has 0 saturated carbocycles. The topological polar surface area (TPSA) is 78.4 Å². The lowest BCUT2D eigenvalue weighted by atomic mass is 10.2. The molecule has 1 N–H and O–H groups in total. The molecule has 0 spiro atoms. The number of amides is 2. The SMILES string of the molecule is O=C1CC(Sc2ccc(N=Cc3cccnc3)cc2)C(=O)N1c1ccc2cc[nH]c2c1. The molecular weight excluding hydrogens is 408 g/mol. The summed E-state index contributed by atoms with van der Waals surface area (Å²) >= 11 is 1.41. The van der Waals surface area contributed by atoms with Crippen LogP contribution in [0.25, 0.3) is 10.9 Å². The first-order chi connectivity index (χ1) is 15.2. The summed E-state index contributed by atoms with van der Waals surface area (Å²) in [5.74, 6) is -0.356. The number of thioether (sulfide) groups is 1. The Labute approximate surface area is 183 Å². The standard InChI is InChI=1S/C24H18N4O2S/c29-23-13-22(24(30)28(23)19-6-3-17-9-11-26-21(17)12-19)31-20-7-4-18(5-8-20)27-15-16-2-1-10-25-14-16/h1-12,14-15,22,26H,13H2. The van der Waals surface area contributed by atoms with E-state index in [0.717, 1.165) is 27.0 Å². The third kappa shape index (κ3) is 4.00. The summed E-state index contributed by atoms with van der Waals surface area (Å²) in [5.41, 5.74) is 3.24. The van der Waals surface area contributed by atoms with Gasteiger partial charge in [0.25, 0.3) is 0 Å². The number of imide groups is 1. The zero-order valence-corrected chi connectivity index (χ0v) is 17.3. The zero-order valence-electron chi connectivity index (χ0n) is 16.4. The van der Waals surface area contributed by atoms with Crippen LogP contribution in [-0.2, 0) is 9.59 Å². The second-order valence-corrected chi connectivity index (χ2v) is 8.44. The predicted octanol–water partition coefficient (Wildman–Crippen LogP) is 4.74. The molecule has 1 aliphatic heterocycles. The van der Waals surface area contributed by atoms with Crippen LogP contribution in [0.15, 0.2) is 89.1 Å². The summed E-state index contributed by atoms with van der Waals surface area (Å²) in [4.78, 5) is 39.4. The lowest BCUT2D eigenvalue weighted by Gasteiger charge is -2.15. The normalized spacial score (nSPS) is 16.6. The van der Waals surface area contributed by atoms with Crippen LogP contribution in [0.3, 0.4) is 0 Å². The molecule has 2 aromatic carbocycles. The Hall–Kier alpha value is -3.71. The molecule has 6 nitrogen and oxygen atoms in total. The van der Waals surface area contributed by atoms with Gasteiger partial charge >= 0.3 is 0 Å². The van der Waals surface area contributed by atoms with Gasteiger partial charge in [0.1, 0.15) is 0 Å². The van der Waals surface area contributed by atoms with E-state index in [0.29, 0.717) is 5.69 Å². The van der Waals surface area contributed by atoms with Crippen molar-refractivity contribution in [3.8, 4) is 0 Å². The molecule has 3 heterocycles. The molecule has 0 aliphatic carbocycles. The molecule has 1 saturated heterocycles. The number of benzene rings is 2. The Bertz CT molecular complexity index is 1280. The number of aromatic amines is 1. The Morgan fingerprint density at radius 2 is 1.97 bits per heavy atom. The number of hydrogen-bond donors (Lipinski definition) is 1. The number of fused-ring (bicyclic) bond motifs is 1. The number of aromatic nitrogens is 2. The molecule has 152 valence electrons. The van der Waals surface area contributed by atoms with Crippen molar-refractivity contribution in [3.63, 3.8) is 0 Å². The molecule has 2 amide bonds. The molecule has 1 unspecified atom stereocenters. The van der Waals surface area contributed by atoms with E-state index in [1.165, 1.54) is 16.7 Å². The highest BCUT2D eigenvalue weighted by Gasteiger charge is 2.40. The minimum absolute atomic E-state index is 0.175. The third-order valence-corrected chi connectivity index (χ3v) is 6.26. The fourth-order valence-electron chi connectivity index (χ4n) is 3.52. The third-order valence-electron chi connectivity index (χ3n) is 5.06. The van der Waals surface area contributed by atoms with E-state index < -0.39 is 5.25 Å². The van der Waals surface area contributed by atoms with E-state index in [4.69, 9.17) is 0 Å². The van der Waals surface area contributed by atoms with Gasteiger partial charge in [-0.05, 0) is 53.9 Å². The number of aliphatic imine (C=N–C) groups is 1. The highest BCUT2D eigenvalue weighted by atomic mass is 32.2. The molecule has 1 aliphatic rings. The Kier molecular flexibility index (Phi) is 5.09. The highest BCUT2D eigenvalue weighted by molar-refractivity contribution is 8.00. The van der Waals surface area contributed by atoms with Gasteiger partial charge in [-0.3, -0.25) is 19.6 Å². The summed E-state index contributed by atoms with van der Waals surface area (Å²) in [5, 5.41) is 0.608. The second-order valence-electron chi connectivity index (χ2n) is 7.17. The van der Waals surface area contributed by atoms with E-state index in [-0.39, 0.29) is 18.2 Å². The molecule has 4 aromatic rings. The summed E-state index contributed by atoms with van der Waals surface area (Å²) in [6.07, 6.45) is 7.25. The zero-order chi connectivity index (χ0) is 21.2. The number of hydrogen-bond acceptors (Lipinski definition) is 5.